The van der Waals surface area contributed by atoms with Crippen molar-refractivity contribution >= 4 is 5.97 Å². The van der Waals surface area contributed by atoms with E-state index in [9.17, 15) is 9.90 Å². The second-order valence-electron chi connectivity index (χ2n) is 6.01. The molecule has 25 heavy (non-hydrogen) atoms. The number of carboxylic acid groups (broad SMARTS) is 1. The summed E-state index contributed by atoms with van der Waals surface area (Å²) in [5.74, 6) is 0.918. The Hall–Kier alpha value is -2.52. The first-order valence-corrected chi connectivity index (χ1v) is 8.06. The second-order valence-corrected chi connectivity index (χ2v) is 6.01. The summed E-state index contributed by atoms with van der Waals surface area (Å²) in [6.07, 6.45) is 4.57. The molecule has 1 saturated carbocycles. The van der Waals surface area contributed by atoms with E-state index < -0.39 is 5.97 Å². The number of rotatable bonds is 8. The minimum atomic E-state index is -1.07. The predicted octanol–water partition coefficient (Wildman–Crippen LogP) is 0.801. The summed E-state index contributed by atoms with van der Waals surface area (Å²) in [7, 11) is 1.63. The van der Waals surface area contributed by atoms with E-state index in [1.807, 2.05) is 4.57 Å². The highest BCUT2D eigenvalue weighted by molar-refractivity contribution is 5.90. The van der Waals surface area contributed by atoms with Crippen LogP contribution in [0, 0.1) is 0 Å². The van der Waals surface area contributed by atoms with Crippen LogP contribution in [-0.2, 0) is 17.9 Å². The standard InChI is InChI=1S/C16H21N5O4/c1-24-5-4-21-14(19-20-15(21)10-6-11(17)7-10)9-25-13-8-18-3-2-12(13)16(22)23/h2-3,8,10-11H,4-7,9,17H2,1H3,(H,22,23). The minimum Gasteiger partial charge on any atom is -0.483 e. The number of carbonyl (C=O) groups is 1. The zero-order valence-corrected chi connectivity index (χ0v) is 14.0. The summed E-state index contributed by atoms with van der Waals surface area (Å²) in [5.41, 5.74) is 5.93. The maximum Gasteiger partial charge on any atom is 0.339 e. The van der Waals surface area contributed by atoms with Gasteiger partial charge in [0, 0.05) is 31.8 Å². The summed E-state index contributed by atoms with van der Waals surface area (Å²) < 4.78 is 12.8. The van der Waals surface area contributed by atoms with Crippen LogP contribution >= 0.6 is 0 Å². The lowest BCUT2D eigenvalue weighted by Gasteiger charge is -2.31. The fourth-order valence-corrected chi connectivity index (χ4v) is 2.87. The average Bonchev–Trinajstić information content (AvgIpc) is 2.97. The maximum absolute atomic E-state index is 11.2. The van der Waals surface area contributed by atoms with Crippen molar-refractivity contribution in [2.45, 2.75) is 38.0 Å². The van der Waals surface area contributed by atoms with Gasteiger partial charge in [-0.1, -0.05) is 0 Å². The topological polar surface area (TPSA) is 125 Å². The number of hydrogen-bond donors (Lipinski definition) is 2. The van der Waals surface area contributed by atoms with E-state index in [4.69, 9.17) is 15.2 Å². The Balaban J connectivity index is 1.77. The zero-order valence-electron chi connectivity index (χ0n) is 14.0. The van der Waals surface area contributed by atoms with E-state index in [1.54, 1.807) is 7.11 Å². The quantitative estimate of drug-likeness (QED) is 0.718. The van der Waals surface area contributed by atoms with Gasteiger partial charge in [0.05, 0.1) is 12.8 Å². The number of ether oxygens (including phenoxy) is 2. The minimum absolute atomic E-state index is 0.0585. The Labute approximate surface area is 144 Å². The number of aromatic nitrogens is 4. The number of pyridine rings is 1. The lowest BCUT2D eigenvalue weighted by Crippen LogP contribution is -2.36. The van der Waals surface area contributed by atoms with Crippen LogP contribution in [-0.4, -0.2) is 50.6 Å². The molecular weight excluding hydrogens is 326 g/mol. The lowest BCUT2D eigenvalue weighted by atomic mass is 9.80. The number of nitrogens with zero attached hydrogens (tertiary/aromatic N) is 4. The first-order valence-electron chi connectivity index (χ1n) is 8.06. The molecule has 1 aliphatic rings. The average molecular weight is 347 g/mol. The summed E-state index contributed by atoms with van der Waals surface area (Å²) in [6, 6.07) is 1.61. The van der Waals surface area contributed by atoms with Gasteiger partial charge in [0.25, 0.3) is 0 Å². The van der Waals surface area contributed by atoms with Crippen molar-refractivity contribution in [2.75, 3.05) is 13.7 Å². The fourth-order valence-electron chi connectivity index (χ4n) is 2.87. The van der Waals surface area contributed by atoms with Crippen LogP contribution in [0.1, 0.15) is 40.8 Å². The molecule has 0 bridgehead atoms. The molecule has 9 heteroatoms. The highest BCUT2D eigenvalue weighted by Gasteiger charge is 2.32. The van der Waals surface area contributed by atoms with Crippen molar-refractivity contribution in [3.05, 3.63) is 35.7 Å². The number of hydrogen-bond acceptors (Lipinski definition) is 7. The third kappa shape index (κ3) is 3.77. The zero-order chi connectivity index (χ0) is 17.8. The van der Waals surface area contributed by atoms with Crippen molar-refractivity contribution in [1.29, 1.82) is 0 Å². The van der Waals surface area contributed by atoms with Gasteiger partial charge in [0.1, 0.15) is 18.0 Å². The molecule has 9 nitrogen and oxygen atoms in total. The van der Waals surface area contributed by atoms with Crippen LogP contribution in [0.25, 0.3) is 0 Å². The van der Waals surface area contributed by atoms with E-state index in [-0.39, 0.29) is 24.0 Å². The van der Waals surface area contributed by atoms with E-state index in [2.05, 4.69) is 15.2 Å². The molecule has 3 rings (SSSR count). The van der Waals surface area contributed by atoms with Crippen molar-refractivity contribution in [3.63, 3.8) is 0 Å². The molecule has 0 amide bonds. The summed E-state index contributed by atoms with van der Waals surface area (Å²) >= 11 is 0. The molecule has 0 unspecified atom stereocenters. The molecule has 0 saturated heterocycles. The number of carboxylic acids is 1. The summed E-state index contributed by atoms with van der Waals surface area (Å²) in [4.78, 5) is 15.2. The Bertz CT molecular complexity index is 742. The highest BCUT2D eigenvalue weighted by Crippen LogP contribution is 2.35. The molecular formula is C16H21N5O4. The molecule has 1 fully saturated rings. The molecule has 0 radical (unpaired) electrons. The van der Waals surface area contributed by atoms with Crippen LogP contribution in [0.3, 0.4) is 0 Å². The molecule has 0 atom stereocenters. The SMILES string of the molecule is COCCn1c(COc2cnccc2C(=O)O)nnc1C1CC(N)C1. The monoisotopic (exact) mass is 347 g/mol. The molecule has 2 aromatic rings. The maximum atomic E-state index is 11.2. The van der Waals surface area contributed by atoms with Gasteiger partial charge in [-0.05, 0) is 18.9 Å². The van der Waals surface area contributed by atoms with Gasteiger partial charge in [-0.3, -0.25) is 4.98 Å². The molecule has 0 spiro atoms. The second kappa shape index (κ2) is 7.58. The Morgan fingerprint density at radius 1 is 1.44 bits per heavy atom. The van der Waals surface area contributed by atoms with Crippen LogP contribution < -0.4 is 10.5 Å². The van der Waals surface area contributed by atoms with Crippen LogP contribution in [0.2, 0.25) is 0 Å². The van der Waals surface area contributed by atoms with Gasteiger partial charge in [-0.15, -0.1) is 10.2 Å². The third-order valence-electron chi connectivity index (χ3n) is 4.29. The van der Waals surface area contributed by atoms with Gasteiger partial charge in [0.15, 0.2) is 11.6 Å². The van der Waals surface area contributed by atoms with Crippen LogP contribution in [0.5, 0.6) is 5.75 Å². The Morgan fingerprint density at radius 3 is 2.92 bits per heavy atom. The van der Waals surface area contributed by atoms with Crippen molar-refractivity contribution in [1.82, 2.24) is 19.7 Å². The first-order chi connectivity index (χ1) is 12.1. The smallest absolute Gasteiger partial charge is 0.339 e. The predicted molar refractivity (Wildman–Crippen MR) is 87.4 cm³/mol. The number of aromatic carboxylic acids is 1. The molecule has 3 N–H and O–H groups in total. The molecule has 1 aliphatic carbocycles. The van der Waals surface area contributed by atoms with E-state index in [0.717, 1.165) is 18.7 Å². The lowest BCUT2D eigenvalue weighted by molar-refractivity contribution is 0.0691. The van der Waals surface area contributed by atoms with E-state index >= 15 is 0 Å². The van der Waals surface area contributed by atoms with Gasteiger partial charge in [-0.2, -0.15) is 0 Å². The van der Waals surface area contributed by atoms with Gasteiger partial charge >= 0.3 is 5.97 Å². The van der Waals surface area contributed by atoms with E-state index in [1.165, 1.54) is 18.5 Å². The highest BCUT2D eigenvalue weighted by atomic mass is 16.5. The summed E-state index contributed by atoms with van der Waals surface area (Å²) in [6.45, 7) is 1.22. The van der Waals surface area contributed by atoms with Crippen molar-refractivity contribution in [2.24, 2.45) is 5.73 Å². The largest absolute Gasteiger partial charge is 0.483 e. The van der Waals surface area contributed by atoms with Crippen LogP contribution in [0.4, 0.5) is 0 Å². The van der Waals surface area contributed by atoms with Crippen molar-refractivity contribution < 1.29 is 19.4 Å². The number of nitrogens with two attached hydrogens (primary N) is 1. The fraction of sp³-hybridized carbons (Fsp3) is 0.500. The van der Waals surface area contributed by atoms with Gasteiger partial charge in [0.2, 0.25) is 0 Å². The van der Waals surface area contributed by atoms with Crippen LogP contribution in [0.15, 0.2) is 18.5 Å². The first kappa shape index (κ1) is 17.3. The number of methoxy groups -OCH3 is 1. The molecule has 2 aromatic heterocycles. The molecule has 2 heterocycles. The van der Waals surface area contributed by atoms with Gasteiger partial charge < -0.3 is 24.9 Å². The van der Waals surface area contributed by atoms with Crippen molar-refractivity contribution in [3.8, 4) is 5.75 Å². The Kier molecular flexibility index (Phi) is 5.25. The Morgan fingerprint density at radius 2 is 2.24 bits per heavy atom. The summed E-state index contributed by atoms with van der Waals surface area (Å²) in [5, 5.41) is 17.7. The van der Waals surface area contributed by atoms with E-state index in [0.29, 0.717) is 24.9 Å². The molecule has 0 aromatic carbocycles. The molecule has 0 aliphatic heterocycles. The third-order valence-corrected chi connectivity index (χ3v) is 4.29. The molecule has 134 valence electrons. The van der Waals surface area contributed by atoms with Gasteiger partial charge in [-0.25, -0.2) is 4.79 Å². The normalized spacial score (nSPS) is 19.4.